The van der Waals surface area contributed by atoms with E-state index in [9.17, 15) is 0 Å². The second-order valence-corrected chi connectivity index (χ2v) is 5.89. The Hall–Kier alpha value is -0.860. The Kier molecular flexibility index (Phi) is 9.35. The molecule has 114 valence electrons. The number of nitrogens with two attached hydrogens (primary N) is 1. The summed E-state index contributed by atoms with van der Waals surface area (Å²) in [7, 11) is 0. The second-order valence-electron chi connectivity index (χ2n) is 5.89. The molecule has 0 aliphatic rings. The molecule has 1 rings (SSSR count). The summed E-state index contributed by atoms with van der Waals surface area (Å²) in [5.74, 6) is 6.56. The Morgan fingerprint density at radius 1 is 1.05 bits per heavy atom. The molecule has 2 atom stereocenters. The van der Waals surface area contributed by atoms with Crippen molar-refractivity contribution in [2.45, 2.75) is 71.3 Å². The SMILES string of the molecule is CCCCC(CC)CC(CCCc1ccccc1)NN. The van der Waals surface area contributed by atoms with Crippen LogP contribution in [-0.4, -0.2) is 6.04 Å². The molecule has 0 amide bonds. The number of benzene rings is 1. The first-order chi connectivity index (χ1) is 9.80. The predicted octanol–water partition coefficient (Wildman–Crippen LogP) is 4.45. The third-order valence-corrected chi connectivity index (χ3v) is 4.26. The highest BCUT2D eigenvalue weighted by molar-refractivity contribution is 5.14. The van der Waals surface area contributed by atoms with Gasteiger partial charge in [0.15, 0.2) is 0 Å². The molecule has 1 aromatic carbocycles. The summed E-state index contributed by atoms with van der Waals surface area (Å²) in [6, 6.07) is 11.2. The first-order valence-electron chi connectivity index (χ1n) is 8.30. The first-order valence-corrected chi connectivity index (χ1v) is 8.30. The zero-order valence-electron chi connectivity index (χ0n) is 13.3. The highest BCUT2D eigenvalue weighted by Crippen LogP contribution is 2.20. The van der Waals surface area contributed by atoms with Gasteiger partial charge in [-0.25, -0.2) is 0 Å². The minimum atomic E-state index is 0.473. The van der Waals surface area contributed by atoms with Crippen LogP contribution in [0.4, 0.5) is 0 Å². The van der Waals surface area contributed by atoms with Gasteiger partial charge in [0.25, 0.3) is 0 Å². The summed E-state index contributed by atoms with van der Waals surface area (Å²) in [6.45, 7) is 4.57. The fourth-order valence-electron chi connectivity index (χ4n) is 2.85. The molecule has 2 nitrogen and oxygen atoms in total. The largest absolute Gasteiger partial charge is 0.271 e. The molecule has 0 saturated carbocycles. The van der Waals surface area contributed by atoms with Crippen LogP contribution in [-0.2, 0) is 6.42 Å². The molecule has 0 saturated heterocycles. The monoisotopic (exact) mass is 276 g/mol. The molecule has 2 heteroatoms. The van der Waals surface area contributed by atoms with Crippen LogP contribution in [0.2, 0.25) is 0 Å². The molecular weight excluding hydrogens is 244 g/mol. The van der Waals surface area contributed by atoms with Gasteiger partial charge in [-0.15, -0.1) is 0 Å². The van der Waals surface area contributed by atoms with Gasteiger partial charge in [0.2, 0.25) is 0 Å². The van der Waals surface area contributed by atoms with Gasteiger partial charge >= 0.3 is 0 Å². The van der Waals surface area contributed by atoms with E-state index in [2.05, 4.69) is 49.6 Å². The van der Waals surface area contributed by atoms with Crippen molar-refractivity contribution in [3.05, 3.63) is 35.9 Å². The maximum Gasteiger partial charge on any atom is 0.0213 e. The van der Waals surface area contributed by atoms with Crippen LogP contribution >= 0.6 is 0 Å². The van der Waals surface area contributed by atoms with Crippen LogP contribution < -0.4 is 11.3 Å². The fourth-order valence-corrected chi connectivity index (χ4v) is 2.85. The van der Waals surface area contributed by atoms with E-state index in [4.69, 9.17) is 5.84 Å². The van der Waals surface area contributed by atoms with Crippen LogP contribution in [0.3, 0.4) is 0 Å². The van der Waals surface area contributed by atoms with Crippen molar-refractivity contribution in [2.75, 3.05) is 0 Å². The van der Waals surface area contributed by atoms with Crippen LogP contribution in [0.1, 0.15) is 64.4 Å². The van der Waals surface area contributed by atoms with Crippen molar-refractivity contribution in [1.82, 2.24) is 5.43 Å². The highest BCUT2D eigenvalue weighted by atomic mass is 15.2. The highest BCUT2D eigenvalue weighted by Gasteiger charge is 2.13. The quantitative estimate of drug-likeness (QED) is 0.463. The van der Waals surface area contributed by atoms with E-state index in [-0.39, 0.29) is 0 Å². The Bertz CT molecular complexity index is 323. The molecule has 0 radical (unpaired) electrons. The fraction of sp³-hybridized carbons (Fsp3) is 0.667. The molecule has 0 bridgehead atoms. The van der Waals surface area contributed by atoms with Crippen LogP contribution in [0, 0.1) is 5.92 Å². The Morgan fingerprint density at radius 3 is 2.40 bits per heavy atom. The number of hydrazine groups is 1. The van der Waals surface area contributed by atoms with E-state index >= 15 is 0 Å². The average molecular weight is 276 g/mol. The van der Waals surface area contributed by atoms with Gasteiger partial charge in [-0.05, 0) is 37.2 Å². The zero-order chi connectivity index (χ0) is 14.6. The topological polar surface area (TPSA) is 38.0 Å². The van der Waals surface area contributed by atoms with E-state index in [1.807, 2.05) is 0 Å². The summed E-state index contributed by atoms with van der Waals surface area (Å²) in [6.07, 6.45) is 10.0. The van der Waals surface area contributed by atoms with Crippen LogP contribution in [0.5, 0.6) is 0 Å². The van der Waals surface area contributed by atoms with Gasteiger partial charge in [-0.1, -0.05) is 69.9 Å². The predicted molar refractivity (Wildman–Crippen MR) is 88.4 cm³/mol. The number of nitrogens with one attached hydrogen (secondary N) is 1. The summed E-state index contributed by atoms with van der Waals surface area (Å²) in [4.78, 5) is 0. The lowest BCUT2D eigenvalue weighted by Crippen LogP contribution is -2.36. The maximum absolute atomic E-state index is 5.73. The smallest absolute Gasteiger partial charge is 0.0213 e. The summed E-state index contributed by atoms with van der Waals surface area (Å²) in [5.41, 5.74) is 4.46. The molecular formula is C18H32N2. The molecule has 0 spiro atoms. The van der Waals surface area contributed by atoms with Crippen molar-refractivity contribution in [3.8, 4) is 0 Å². The number of rotatable bonds is 11. The van der Waals surface area contributed by atoms with Crippen molar-refractivity contribution >= 4 is 0 Å². The van der Waals surface area contributed by atoms with Crippen molar-refractivity contribution in [3.63, 3.8) is 0 Å². The first kappa shape index (κ1) is 17.2. The second kappa shape index (κ2) is 10.9. The van der Waals surface area contributed by atoms with Gasteiger partial charge in [0, 0.05) is 6.04 Å². The third kappa shape index (κ3) is 7.06. The summed E-state index contributed by atoms with van der Waals surface area (Å²) in [5, 5.41) is 0. The number of hydrogen-bond donors (Lipinski definition) is 2. The number of unbranched alkanes of at least 4 members (excludes halogenated alkanes) is 1. The number of hydrogen-bond acceptors (Lipinski definition) is 2. The third-order valence-electron chi connectivity index (χ3n) is 4.26. The van der Waals surface area contributed by atoms with E-state index in [0.29, 0.717) is 6.04 Å². The minimum absolute atomic E-state index is 0.473. The molecule has 0 aliphatic heterocycles. The maximum atomic E-state index is 5.73. The average Bonchev–Trinajstić information content (AvgIpc) is 2.50. The van der Waals surface area contributed by atoms with Crippen molar-refractivity contribution in [1.29, 1.82) is 0 Å². The molecule has 3 N–H and O–H groups in total. The van der Waals surface area contributed by atoms with Crippen molar-refractivity contribution in [2.24, 2.45) is 11.8 Å². The van der Waals surface area contributed by atoms with Gasteiger partial charge in [-0.2, -0.15) is 0 Å². The number of aryl methyl sites for hydroxylation is 1. The van der Waals surface area contributed by atoms with Gasteiger partial charge < -0.3 is 0 Å². The minimum Gasteiger partial charge on any atom is -0.271 e. The van der Waals surface area contributed by atoms with E-state index < -0.39 is 0 Å². The molecule has 0 aromatic heterocycles. The summed E-state index contributed by atoms with van der Waals surface area (Å²) < 4.78 is 0. The molecule has 0 heterocycles. The molecule has 2 unspecified atom stereocenters. The molecule has 1 aromatic rings. The Labute approximate surface area is 125 Å². The van der Waals surface area contributed by atoms with Gasteiger partial charge in [0.1, 0.15) is 0 Å². The Balaban J connectivity index is 2.27. The molecule has 0 aliphatic carbocycles. The molecule has 20 heavy (non-hydrogen) atoms. The van der Waals surface area contributed by atoms with E-state index in [0.717, 1.165) is 12.3 Å². The van der Waals surface area contributed by atoms with Gasteiger partial charge in [0.05, 0.1) is 0 Å². The van der Waals surface area contributed by atoms with Crippen LogP contribution in [0.25, 0.3) is 0 Å². The lowest BCUT2D eigenvalue weighted by Gasteiger charge is -2.22. The summed E-state index contributed by atoms with van der Waals surface area (Å²) >= 11 is 0. The van der Waals surface area contributed by atoms with Gasteiger partial charge in [-0.3, -0.25) is 11.3 Å². The standard InChI is InChI=1S/C18H32N2/c1-3-5-10-16(4-2)15-18(20-19)14-9-13-17-11-7-6-8-12-17/h6-8,11-12,16,18,20H,3-5,9-10,13-15,19H2,1-2H3. The van der Waals surface area contributed by atoms with E-state index in [1.165, 1.54) is 50.5 Å². The van der Waals surface area contributed by atoms with E-state index in [1.54, 1.807) is 0 Å². The molecule has 0 fully saturated rings. The lowest BCUT2D eigenvalue weighted by atomic mass is 9.90. The van der Waals surface area contributed by atoms with Crippen LogP contribution in [0.15, 0.2) is 30.3 Å². The Morgan fingerprint density at radius 2 is 1.80 bits per heavy atom. The van der Waals surface area contributed by atoms with Crippen molar-refractivity contribution < 1.29 is 0 Å². The normalized spacial score (nSPS) is 14.2. The lowest BCUT2D eigenvalue weighted by molar-refractivity contribution is 0.336. The zero-order valence-corrected chi connectivity index (χ0v) is 13.3.